The molecule has 0 fully saturated rings. The lowest BCUT2D eigenvalue weighted by Gasteiger charge is -2.25. The first-order valence-electron chi connectivity index (χ1n) is 12.6. The van der Waals surface area contributed by atoms with Gasteiger partial charge < -0.3 is 4.90 Å². The Hall–Kier alpha value is -1.42. The molecule has 0 N–H and O–H groups in total. The Balaban J connectivity index is 2.31. The first-order chi connectivity index (χ1) is 14.3. The molecule has 0 aliphatic heterocycles. The predicted octanol–water partition coefficient (Wildman–Crippen LogP) is 8.76. The fourth-order valence-corrected chi connectivity index (χ4v) is 4.01. The zero-order valence-electron chi connectivity index (χ0n) is 19.6. The van der Waals surface area contributed by atoms with Crippen LogP contribution in [0.15, 0.2) is 24.3 Å². The monoisotopic (exact) mass is 397 g/mol. The molecular formula is C28H47N. The fraction of sp³-hybridized carbons (Fsp3) is 0.714. The number of hydrogen-bond acceptors (Lipinski definition) is 1. The molecule has 0 saturated heterocycles. The maximum Gasteiger partial charge on any atom is 0.0367 e. The van der Waals surface area contributed by atoms with Crippen molar-refractivity contribution < 1.29 is 0 Å². The van der Waals surface area contributed by atoms with Gasteiger partial charge in [0.1, 0.15) is 0 Å². The van der Waals surface area contributed by atoms with E-state index < -0.39 is 0 Å². The molecular weight excluding hydrogens is 350 g/mol. The SMILES string of the molecule is C#Cc1ccc(N(CCCCCCCCCC)CCCCCCCCCC)cc1. The molecule has 0 aliphatic rings. The summed E-state index contributed by atoms with van der Waals surface area (Å²) in [5, 5.41) is 0. The molecule has 0 heterocycles. The van der Waals surface area contributed by atoms with Crippen LogP contribution in [0.4, 0.5) is 5.69 Å². The molecule has 0 unspecified atom stereocenters. The van der Waals surface area contributed by atoms with Gasteiger partial charge in [-0.1, -0.05) is 110 Å². The molecule has 164 valence electrons. The van der Waals surface area contributed by atoms with Crippen LogP contribution >= 0.6 is 0 Å². The second-order valence-corrected chi connectivity index (χ2v) is 8.63. The third-order valence-electron chi connectivity index (χ3n) is 5.96. The summed E-state index contributed by atoms with van der Waals surface area (Å²) in [7, 11) is 0. The molecule has 1 heteroatoms. The van der Waals surface area contributed by atoms with Gasteiger partial charge in [-0.05, 0) is 37.1 Å². The maximum atomic E-state index is 5.53. The van der Waals surface area contributed by atoms with Crippen molar-refractivity contribution in [1.29, 1.82) is 0 Å². The second kappa shape index (κ2) is 18.6. The smallest absolute Gasteiger partial charge is 0.0367 e. The minimum Gasteiger partial charge on any atom is -0.372 e. The number of unbranched alkanes of at least 4 members (excludes halogenated alkanes) is 14. The average Bonchev–Trinajstić information content (AvgIpc) is 2.76. The van der Waals surface area contributed by atoms with Gasteiger partial charge in [0.25, 0.3) is 0 Å². The quantitative estimate of drug-likeness (QED) is 0.166. The summed E-state index contributed by atoms with van der Waals surface area (Å²) in [5.74, 6) is 2.74. The molecule has 1 nitrogen and oxygen atoms in total. The van der Waals surface area contributed by atoms with Gasteiger partial charge in [0.05, 0.1) is 0 Å². The van der Waals surface area contributed by atoms with Gasteiger partial charge in [0, 0.05) is 24.3 Å². The highest BCUT2D eigenvalue weighted by Crippen LogP contribution is 2.18. The number of anilines is 1. The van der Waals surface area contributed by atoms with Crippen molar-refractivity contribution in [2.24, 2.45) is 0 Å². The number of rotatable bonds is 19. The molecule has 0 aliphatic carbocycles. The zero-order valence-corrected chi connectivity index (χ0v) is 19.6. The molecule has 29 heavy (non-hydrogen) atoms. The summed E-state index contributed by atoms with van der Waals surface area (Å²) in [6.07, 6.45) is 27.6. The van der Waals surface area contributed by atoms with Gasteiger partial charge in [-0.3, -0.25) is 0 Å². The molecule has 0 aromatic heterocycles. The van der Waals surface area contributed by atoms with E-state index in [0.717, 1.165) is 5.56 Å². The van der Waals surface area contributed by atoms with E-state index >= 15 is 0 Å². The van der Waals surface area contributed by atoms with Crippen molar-refractivity contribution in [2.45, 2.75) is 117 Å². The van der Waals surface area contributed by atoms with Crippen LogP contribution in [0.1, 0.15) is 122 Å². The van der Waals surface area contributed by atoms with Crippen LogP contribution in [-0.2, 0) is 0 Å². The van der Waals surface area contributed by atoms with Crippen molar-refractivity contribution in [3.8, 4) is 12.3 Å². The summed E-state index contributed by atoms with van der Waals surface area (Å²) >= 11 is 0. The van der Waals surface area contributed by atoms with Crippen LogP contribution in [0.25, 0.3) is 0 Å². The van der Waals surface area contributed by atoms with Crippen LogP contribution in [0, 0.1) is 12.3 Å². The molecule has 1 aromatic rings. The van der Waals surface area contributed by atoms with Crippen molar-refractivity contribution in [3.63, 3.8) is 0 Å². The molecule has 0 amide bonds. The number of benzene rings is 1. The van der Waals surface area contributed by atoms with E-state index in [-0.39, 0.29) is 0 Å². The van der Waals surface area contributed by atoms with E-state index in [9.17, 15) is 0 Å². The van der Waals surface area contributed by atoms with Crippen LogP contribution in [0.2, 0.25) is 0 Å². The highest BCUT2D eigenvalue weighted by Gasteiger charge is 2.06. The summed E-state index contributed by atoms with van der Waals surface area (Å²) in [5.41, 5.74) is 2.32. The standard InChI is InChI=1S/C28H47N/c1-4-7-9-11-13-15-17-19-25-29(28-23-21-27(6-3)22-24-28)26-20-18-16-14-12-10-8-5-2/h3,21-24H,4-5,7-20,25-26H2,1-2H3. The summed E-state index contributed by atoms with van der Waals surface area (Å²) in [6, 6.07) is 8.60. The van der Waals surface area contributed by atoms with Gasteiger partial charge in [-0.2, -0.15) is 0 Å². The Morgan fingerprint density at radius 3 is 1.34 bits per heavy atom. The van der Waals surface area contributed by atoms with Crippen LogP contribution in [0.5, 0.6) is 0 Å². The zero-order chi connectivity index (χ0) is 21.0. The summed E-state index contributed by atoms with van der Waals surface area (Å²) in [4.78, 5) is 2.59. The van der Waals surface area contributed by atoms with E-state index in [0.29, 0.717) is 0 Å². The van der Waals surface area contributed by atoms with E-state index in [2.05, 4.69) is 48.9 Å². The number of nitrogens with zero attached hydrogens (tertiary/aromatic N) is 1. The van der Waals surface area contributed by atoms with Crippen molar-refractivity contribution in [2.75, 3.05) is 18.0 Å². The van der Waals surface area contributed by atoms with Crippen molar-refractivity contribution in [1.82, 2.24) is 0 Å². The highest BCUT2D eigenvalue weighted by molar-refractivity contribution is 5.50. The van der Waals surface area contributed by atoms with Gasteiger partial charge in [-0.15, -0.1) is 6.42 Å². The van der Waals surface area contributed by atoms with Gasteiger partial charge >= 0.3 is 0 Å². The molecule has 0 spiro atoms. The van der Waals surface area contributed by atoms with Gasteiger partial charge in [-0.25, -0.2) is 0 Å². The van der Waals surface area contributed by atoms with E-state index in [1.54, 1.807) is 0 Å². The third-order valence-corrected chi connectivity index (χ3v) is 5.96. The van der Waals surface area contributed by atoms with Crippen LogP contribution in [-0.4, -0.2) is 13.1 Å². The lowest BCUT2D eigenvalue weighted by Crippen LogP contribution is -2.25. The average molecular weight is 398 g/mol. The Morgan fingerprint density at radius 1 is 0.586 bits per heavy atom. The minimum atomic E-state index is 0.979. The molecule has 0 radical (unpaired) electrons. The predicted molar refractivity (Wildman–Crippen MR) is 132 cm³/mol. The van der Waals surface area contributed by atoms with Gasteiger partial charge in [0.15, 0.2) is 0 Å². The van der Waals surface area contributed by atoms with E-state index in [4.69, 9.17) is 6.42 Å². The first-order valence-corrected chi connectivity index (χ1v) is 12.6. The van der Waals surface area contributed by atoms with Crippen LogP contribution < -0.4 is 4.90 Å². The Kier molecular flexibility index (Phi) is 16.4. The molecule has 0 bridgehead atoms. The van der Waals surface area contributed by atoms with Crippen molar-refractivity contribution in [3.05, 3.63) is 29.8 Å². The maximum absolute atomic E-state index is 5.53. The Bertz CT molecular complexity index is 490. The minimum absolute atomic E-state index is 0.979. The fourth-order valence-electron chi connectivity index (χ4n) is 4.01. The van der Waals surface area contributed by atoms with Crippen LogP contribution in [0.3, 0.4) is 0 Å². The molecule has 0 atom stereocenters. The number of hydrogen-bond donors (Lipinski definition) is 0. The first kappa shape index (κ1) is 25.6. The normalized spacial score (nSPS) is 10.8. The highest BCUT2D eigenvalue weighted by atomic mass is 15.1. The van der Waals surface area contributed by atoms with Gasteiger partial charge in [0.2, 0.25) is 0 Å². The lowest BCUT2D eigenvalue weighted by molar-refractivity contribution is 0.555. The molecule has 1 aromatic carbocycles. The Morgan fingerprint density at radius 2 is 0.966 bits per heavy atom. The van der Waals surface area contributed by atoms with Crippen molar-refractivity contribution >= 4 is 5.69 Å². The lowest BCUT2D eigenvalue weighted by atomic mass is 10.1. The van der Waals surface area contributed by atoms with E-state index in [1.807, 2.05) is 0 Å². The summed E-state index contributed by atoms with van der Waals surface area (Å²) in [6.45, 7) is 6.94. The second-order valence-electron chi connectivity index (χ2n) is 8.63. The summed E-state index contributed by atoms with van der Waals surface area (Å²) < 4.78 is 0. The molecule has 0 saturated carbocycles. The molecule has 1 rings (SSSR count). The third kappa shape index (κ3) is 13.4. The van der Waals surface area contributed by atoms with E-state index in [1.165, 1.54) is 122 Å². The number of terminal acetylenes is 1. The largest absolute Gasteiger partial charge is 0.372 e. The topological polar surface area (TPSA) is 3.24 Å². The Labute approximate surface area is 182 Å².